The molecule has 5 nitrogen and oxygen atoms in total. The van der Waals surface area contributed by atoms with Gasteiger partial charge in [-0.2, -0.15) is 0 Å². The predicted molar refractivity (Wildman–Crippen MR) is 99.4 cm³/mol. The molecule has 1 aliphatic rings. The highest BCUT2D eigenvalue weighted by Crippen LogP contribution is 2.25. The molecule has 25 heavy (non-hydrogen) atoms. The lowest BCUT2D eigenvalue weighted by molar-refractivity contribution is 0.0513. The highest BCUT2D eigenvalue weighted by Gasteiger charge is 2.27. The standard InChI is InChI=1S/C18H20ClN3O2S/c1-2-25-16-8-4-3-7-15(16)17(23)22-9-5-6-14(12-22)24-18-20-10-13(19)11-21-18/h3-4,7-8,10-11,14H,2,5-6,9,12H2,1H3. The number of hydrogen-bond acceptors (Lipinski definition) is 5. The van der Waals surface area contributed by atoms with Gasteiger partial charge in [0, 0.05) is 11.4 Å². The van der Waals surface area contributed by atoms with Gasteiger partial charge in [0.2, 0.25) is 0 Å². The molecule has 1 aromatic carbocycles. The van der Waals surface area contributed by atoms with Gasteiger partial charge in [-0.05, 0) is 30.7 Å². The van der Waals surface area contributed by atoms with Gasteiger partial charge in [0.15, 0.2) is 0 Å². The third-order valence-corrected chi connectivity index (χ3v) is 5.10. The number of thioether (sulfide) groups is 1. The number of carbonyl (C=O) groups is 1. The number of likely N-dealkylation sites (tertiary alicyclic amines) is 1. The minimum atomic E-state index is -0.107. The van der Waals surface area contributed by atoms with E-state index in [4.69, 9.17) is 16.3 Å². The second kappa shape index (κ2) is 8.54. The molecule has 1 unspecified atom stereocenters. The van der Waals surface area contributed by atoms with Gasteiger partial charge in [-0.15, -0.1) is 11.8 Å². The van der Waals surface area contributed by atoms with Gasteiger partial charge < -0.3 is 9.64 Å². The quantitative estimate of drug-likeness (QED) is 0.739. The summed E-state index contributed by atoms with van der Waals surface area (Å²) in [6.07, 6.45) is 4.68. The third kappa shape index (κ3) is 4.64. The van der Waals surface area contributed by atoms with E-state index in [0.29, 0.717) is 17.6 Å². The Kier molecular flexibility index (Phi) is 6.15. The normalized spacial score (nSPS) is 17.4. The zero-order valence-corrected chi connectivity index (χ0v) is 15.6. The van der Waals surface area contributed by atoms with E-state index in [-0.39, 0.29) is 12.0 Å². The van der Waals surface area contributed by atoms with Crippen LogP contribution in [0.15, 0.2) is 41.6 Å². The molecule has 0 aliphatic carbocycles. The van der Waals surface area contributed by atoms with Gasteiger partial charge in [-0.1, -0.05) is 30.7 Å². The number of amides is 1. The van der Waals surface area contributed by atoms with Crippen LogP contribution in [0, 0.1) is 0 Å². The number of halogens is 1. The average molecular weight is 378 g/mol. The lowest BCUT2D eigenvalue weighted by atomic mass is 10.1. The van der Waals surface area contributed by atoms with Crippen LogP contribution in [-0.2, 0) is 0 Å². The molecule has 7 heteroatoms. The molecule has 0 saturated carbocycles. The second-order valence-electron chi connectivity index (χ2n) is 5.75. The smallest absolute Gasteiger partial charge is 0.316 e. The zero-order chi connectivity index (χ0) is 17.6. The van der Waals surface area contributed by atoms with E-state index in [2.05, 4.69) is 16.9 Å². The maximum atomic E-state index is 12.9. The number of nitrogens with zero attached hydrogens (tertiary/aromatic N) is 3. The van der Waals surface area contributed by atoms with Crippen molar-refractivity contribution in [2.45, 2.75) is 30.8 Å². The van der Waals surface area contributed by atoms with Crippen LogP contribution < -0.4 is 4.74 Å². The highest BCUT2D eigenvalue weighted by molar-refractivity contribution is 7.99. The van der Waals surface area contributed by atoms with Crippen LogP contribution >= 0.6 is 23.4 Å². The minimum absolute atomic E-state index is 0.0573. The zero-order valence-electron chi connectivity index (χ0n) is 14.0. The van der Waals surface area contributed by atoms with Gasteiger partial charge in [0.25, 0.3) is 5.91 Å². The van der Waals surface area contributed by atoms with Crippen LogP contribution in [0.4, 0.5) is 0 Å². The van der Waals surface area contributed by atoms with Crippen molar-refractivity contribution in [3.8, 4) is 6.01 Å². The van der Waals surface area contributed by atoms with Crippen molar-refractivity contribution < 1.29 is 9.53 Å². The predicted octanol–water partition coefficient (Wildman–Crippen LogP) is 3.93. The van der Waals surface area contributed by atoms with Gasteiger partial charge in [0.1, 0.15) is 6.10 Å². The summed E-state index contributed by atoms with van der Waals surface area (Å²) in [6.45, 7) is 3.37. The molecule has 1 aromatic heterocycles. The van der Waals surface area contributed by atoms with Gasteiger partial charge in [-0.3, -0.25) is 4.79 Å². The fourth-order valence-corrected chi connectivity index (χ4v) is 3.72. The molecular weight excluding hydrogens is 358 g/mol. The third-order valence-electron chi connectivity index (χ3n) is 3.95. The Labute approximate surface area is 156 Å². The summed E-state index contributed by atoms with van der Waals surface area (Å²) >= 11 is 7.48. The summed E-state index contributed by atoms with van der Waals surface area (Å²) in [7, 11) is 0. The summed E-state index contributed by atoms with van der Waals surface area (Å²) in [5.41, 5.74) is 0.762. The number of carbonyl (C=O) groups excluding carboxylic acids is 1. The maximum absolute atomic E-state index is 12.9. The molecule has 1 atom stereocenters. The highest BCUT2D eigenvalue weighted by atomic mass is 35.5. The van der Waals surface area contributed by atoms with Crippen molar-refractivity contribution in [3.63, 3.8) is 0 Å². The van der Waals surface area contributed by atoms with Crippen LogP contribution in [0.2, 0.25) is 5.02 Å². The molecule has 0 N–H and O–H groups in total. The minimum Gasteiger partial charge on any atom is -0.458 e. The van der Waals surface area contributed by atoms with Crippen LogP contribution in [0.25, 0.3) is 0 Å². The van der Waals surface area contributed by atoms with Gasteiger partial charge in [0.05, 0.1) is 29.5 Å². The molecule has 1 aliphatic heterocycles. The largest absolute Gasteiger partial charge is 0.458 e. The molecule has 2 aromatic rings. The lowest BCUT2D eigenvalue weighted by Crippen LogP contribution is -2.44. The van der Waals surface area contributed by atoms with Crippen molar-refractivity contribution >= 4 is 29.3 Å². The van der Waals surface area contributed by atoms with Crippen LogP contribution in [0.3, 0.4) is 0 Å². The van der Waals surface area contributed by atoms with Gasteiger partial charge >= 0.3 is 6.01 Å². The SMILES string of the molecule is CCSc1ccccc1C(=O)N1CCCC(Oc2ncc(Cl)cn2)C1. The number of benzene rings is 1. The molecule has 1 saturated heterocycles. The second-order valence-corrected chi connectivity index (χ2v) is 7.49. The first-order chi connectivity index (χ1) is 12.2. The first kappa shape index (κ1) is 18.0. The van der Waals surface area contributed by atoms with Crippen LogP contribution in [0.5, 0.6) is 6.01 Å². The summed E-state index contributed by atoms with van der Waals surface area (Å²) in [5, 5.41) is 0.470. The summed E-state index contributed by atoms with van der Waals surface area (Å²) in [6, 6.07) is 8.07. The Morgan fingerprint density at radius 1 is 1.36 bits per heavy atom. The maximum Gasteiger partial charge on any atom is 0.316 e. The monoisotopic (exact) mass is 377 g/mol. The number of ether oxygens (including phenoxy) is 1. The molecule has 1 amide bonds. The van der Waals surface area contributed by atoms with Crippen LogP contribution in [-0.4, -0.2) is 45.7 Å². The number of hydrogen-bond donors (Lipinski definition) is 0. The molecule has 132 valence electrons. The molecule has 0 spiro atoms. The van der Waals surface area contributed by atoms with Crippen molar-refractivity contribution in [1.82, 2.24) is 14.9 Å². The van der Waals surface area contributed by atoms with E-state index < -0.39 is 0 Å². The number of aromatic nitrogens is 2. The number of piperidine rings is 1. The molecule has 0 bridgehead atoms. The molecule has 1 fully saturated rings. The Morgan fingerprint density at radius 2 is 2.12 bits per heavy atom. The lowest BCUT2D eigenvalue weighted by Gasteiger charge is -2.32. The Balaban J connectivity index is 1.68. The van der Waals surface area contributed by atoms with Crippen molar-refractivity contribution in [2.24, 2.45) is 0 Å². The van der Waals surface area contributed by atoms with E-state index in [1.165, 1.54) is 12.4 Å². The van der Waals surface area contributed by atoms with Gasteiger partial charge in [-0.25, -0.2) is 9.97 Å². The van der Waals surface area contributed by atoms with E-state index >= 15 is 0 Å². The summed E-state index contributed by atoms with van der Waals surface area (Å²) < 4.78 is 5.82. The molecule has 0 radical (unpaired) electrons. The first-order valence-electron chi connectivity index (χ1n) is 8.32. The fourth-order valence-electron chi connectivity index (χ4n) is 2.82. The van der Waals surface area contributed by atoms with E-state index in [1.807, 2.05) is 29.2 Å². The van der Waals surface area contributed by atoms with Crippen molar-refractivity contribution in [1.29, 1.82) is 0 Å². The van der Waals surface area contributed by atoms with E-state index in [0.717, 1.165) is 35.6 Å². The number of rotatable bonds is 5. The topological polar surface area (TPSA) is 55.3 Å². The Morgan fingerprint density at radius 3 is 2.88 bits per heavy atom. The molecular formula is C18H20ClN3O2S. The Bertz CT molecular complexity index is 727. The molecule has 2 heterocycles. The summed E-state index contributed by atoms with van der Waals surface area (Å²) in [4.78, 5) is 24.0. The van der Waals surface area contributed by atoms with Crippen LogP contribution in [0.1, 0.15) is 30.1 Å². The average Bonchev–Trinajstić information content (AvgIpc) is 2.64. The summed E-state index contributed by atoms with van der Waals surface area (Å²) in [5.74, 6) is 0.992. The van der Waals surface area contributed by atoms with E-state index in [1.54, 1.807) is 11.8 Å². The fraction of sp³-hybridized carbons (Fsp3) is 0.389. The Hall–Kier alpha value is -1.79. The van der Waals surface area contributed by atoms with Crippen molar-refractivity contribution in [2.75, 3.05) is 18.8 Å². The van der Waals surface area contributed by atoms with Crippen molar-refractivity contribution in [3.05, 3.63) is 47.2 Å². The molecule has 3 rings (SSSR count). The van der Waals surface area contributed by atoms with E-state index in [9.17, 15) is 4.79 Å². The first-order valence-corrected chi connectivity index (χ1v) is 9.69.